The predicted molar refractivity (Wildman–Crippen MR) is 111 cm³/mol. The molecule has 0 saturated heterocycles. The number of aryl methyl sites for hydroxylation is 2. The molecule has 0 spiro atoms. The molecular formula is C19H22Cl2N2O3S. The van der Waals surface area contributed by atoms with Crippen molar-refractivity contribution in [2.75, 3.05) is 17.1 Å². The van der Waals surface area contributed by atoms with E-state index in [0.29, 0.717) is 0 Å². The first-order valence-electron chi connectivity index (χ1n) is 8.27. The van der Waals surface area contributed by atoms with Crippen molar-refractivity contribution in [3.8, 4) is 0 Å². The Morgan fingerprint density at radius 3 is 2.19 bits per heavy atom. The number of sulfonamides is 1. The lowest BCUT2D eigenvalue weighted by atomic mass is 10.0. The van der Waals surface area contributed by atoms with Gasteiger partial charge in [-0.15, -0.1) is 0 Å². The molecule has 146 valence electrons. The third kappa shape index (κ3) is 5.86. The zero-order valence-corrected chi connectivity index (χ0v) is 17.9. The Balaban J connectivity index is 2.20. The molecule has 1 amide bonds. The molecule has 0 aliphatic rings. The van der Waals surface area contributed by atoms with Crippen LogP contribution >= 0.6 is 23.2 Å². The molecule has 5 nitrogen and oxygen atoms in total. The minimum Gasteiger partial charge on any atom is -0.348 e. The van der Waals surface area contributed by atoms with Gasteiger partial charge in [0.15, 0.2) is 0 Å². The van der Waals surface area contributed by atoms with E-state index in [1.54, 1.807) is 0 Å². The van der Waals surface area contributed by atoms with Gasteiger partial charge in [0.1, 0.15) is 6.54 Å². The molecule has 0 heterocycles. The van der Waals surface area contributed by atoms with E-state index in [2.05, 4.69) is 5.32 Å². The topological polar surface area (TPSA) is 66.5 Å². The maximum atomic E-state index is 12.5. The Morgan fingerprint density at radius 1 is 1.07 bits per heavy atom. The summed E-state index contributed by atoms with van der Waals surface area (Å²) >= 11 is 11.9. The summed E-state index contributed by atoms with van der Waals surface area (Å²) in [5.74, 6) is -0.428. The van der Waals surface area contributed by atoms with Crippen molar-refractivity contribution >= 4 is 44.8 Å². The summed E-state index contributed by atoms with van der Waals surface area (Å²) in [5.41, 5.74) is 3.48. The van der Waals surface area contributed by atoms with E-state index >= 15 is 0 Å². The number of benzene rings is 2. The van der Waals surface area contributed by atoms with Gasteiger partial charge in [-0.3, -0.25) is 9.10 Å². The van der Waals surface area contributed by atoms with Crippen LogP contribution in [0.15, 0.2) is 36.4 Å². The minimum absolute atomic E-state index is 0.240. The lowest BCUT2D eigenvalue weighted by Crippen LogP contribution is -2.41. The second-order valence-electron chi connectivity index (χ2n) is 6.53. The van der Waals surface area contributed by atoms with Crippen LogP contribution in [0.1, 0.15) is 29.7 Å². The third-order valence-electron chi connectivity index (χ3n) is 4.23. The molecule has 8 heteroatoms. The van der Waals surface area contributed by atoms with Crippen LogP contribution in [0.3, 0.4) is 0 Å². The number of carbonyl (C=O) groups is 1. The lowest BCUT2D eigenvalue weighted by molar-refractivity contribution is -0.120. The van der Waals surface area contributed by atoms with Crippen molar-refractivity contribution in [1.82, 2.24) is 5.32 Å². The average molecular weight is 429 g/mol. The van der Waals surface area contributed by atoms with Gasteiger partial charge in [-0.1, -0.05) is 41.4 Å². The number of amides is 1. The zero-order chi connectivity index (χ0) is 20.4. The summed E-state index contributed by atoms with van der Waals surface area (Å²) in [4.78, 5) is 12.5. The molecule has 1 N–H and O–H groups in total. The predicted octanol–water partition coefficient (Wildman–Crippen LogP) is 4.25. The van der Waals surface area contributed by atoms with Crippen LogP contribution in [-0.4, -0.2) is 27.1 Å². The monoisotopic (exact) mass is 428 g/mol. The molecule has 0 fully saturated rings. The van der Waals surface area contributed by atoms with Gasteiger partial charge in [0, 0.05) is 10.0 Å². The van der Waals surface area contributed by atoms with Crippen molar-refractivity contribution in [1.29, 1.82) is 0 Å². The highest BCUT2D eigenvalue weighted by molar-refractivity contribution is 7.92. The average Bonchev–Trinajstić information content (AvgIpc) is 2.53. The van der Waals surface area contributed by atoms with Gasteiger partial charge in [0.2, 0.25) is 15.9 Å². The number of nitrogens with zero attached hydrogens (tertiary/aromatic N) is 1. The summed E-state index contributed by atoms with van der Waals surface area (Å²) in [5, 5.41) is 3.41. The molecule has 2 rings (SSSR count). The first-order valence-corrected chi connectivity index (χ1v) is 10.9. The number of halogens is 2. The maximum Gasteiger partial charge on any atom is 0.241 e. The van der Waals surface area contributed by atoms with E-state index in [4.69, 9.17) is 23.2 Å². The Hall–Kier alpha value is -1.76. The highest BCUT2D eigenvalue weighted by Gasteiger charge is 2.22. The summed E-state index contributed by atoms with van der Waals surface area (Å²) in [7, 11) is -3.70. The summed E-state index contributed by atoms with van der Waals surface area (Å²) in [6.45, 7) is 5.50. The SMILES string of the molecule is Cc1ccc([C@@H](C)NC(=O)CN(c2cc(Cl)cc(Cl)c2)S(C)(=O)=O)cc1C. The first kappa shape index (κ1) is 21.5. The molecule has 0 aromatic heterocycles. The van der Waals surface area contributed by atoms with Crippen LogP contribution in [0.2, 0.25) is 10.0 Å². The van der Waals surface area contributed by atoms with Gasteiger partial charge < -0.3 is 5.32 Å². The van der Waals surface area contributed by atoms with Crippen molar-refractivity contribution < 1.29 is 13.2 Å². The minimum atomic E-state index is -3.70. The van der Waals surface area contributed by atoms with Gasteiger partial charge in [-0.25, -0.2) is 8.42 Å². The molecule has 0 aliphatic heterocycles. The molecule has 0 radical (unpaired) electrons. The molecule has 0 unspecified atom stereocenters. The number of rotatable bonds is 6. The molecule has 0 saturated carbocycles. The van der Waals surface area contributed by atoms with Crippen molar-refractivity contribution in [2.24, 2.45) is 0 Å². The van der Waals surface area contributed by atoms with Gasteiger partial charge >= 0.3 is 0 Å². The number of anilines is 1. The van der Waals surface area contributed by atoms with Gasteiger partial charge in [0.05, 0.1) is 18.0 Å². The fraction of sp³-hybridized carbons (Fsp3) is 0.316. The molecule has 2 aromatic rings. The van der Waals surface area contributed by atoms with E-state index < -0.39 is 15.9 Å². The van der Waals surface area contributed by atoms with Crippen LogP contribution in [0.5, 0.6) is 0 Å². The zero-order valence-electron chi connectivity index (χ0n) is 15.6. The number of carbonyl (C=O) groups excluding carboxylic acids is 1. The fourth-order valence-corrected chi connectivity index (χ4v) is 3.97. The molecule has 0 aliphatic carbocycles. The Labute approximate surface area is 170 Å². The molecule has 2 aromatic carbocycles. The number of hydrogen-bond acceptors (Lipinski definition) is 3. The van der Waals surface area contributed by atoms with E-state index in [0.717, 1.165) is 21.7 Å². The maximum absolute atomic E-state index is 12.5. The van der Waals surface area contributed by atoms with Gasteiger partial charge in [0.25, 0.3) is 0 Å². The van der Waals surface area contributed by atoms with Crippen LogP contribution in [0.25, 0.3) is 0 Å². The second-order valence-corrected chi connectivity index (χ2v) is 9.31. The standard InChI is InChI=1S/C19H22Cl2N2O3S/c1-12-5-6-15(7-13(12)2)14(3)22-19(24)11-23(27(4,25)26)18-9-16(20)8-17(21)10-18/h5-10,14H,11H2,1-4H3,(H,22,24)/t14-/m1/s1. The van der Waals surface area contributed by atoms with Gasteiger partial charge in [-0.2, -0.15) is 0 Å². The fourth-order valence-electron chi connectivity index (χ4n) is 2.62. The van der Waals surface area contributed by atoms with E-state index in [1.807, 2.05) is 39.0 Å². The first-order chi connectivity index (χ1) is 12.5. The number of nitrogens with one attached hydrogen (secondary N) is 1. The molecule has 27 heavy (non-hydrogen) atoms. The van der Waals surface area contributed by atoms with E-state index in [-0.39, 0.29) is 28.3 Å². The molecular weight excluding hydrogens is 407 g/mol. The van der Waals surface area contributed by atoms with Crippen LogP contribution in [0.4, 0.5) is 5.69 Å². The Morgan fingerprint density at radius 2 is 1.67 bits per heavy atom. The van der Waals surface area contributed by atoms with Crippen LogP contribution in [-0.2, 0) is 14.8 Å². The van der Waals surface area contributed by atoms with E-state index in [9.17, 15) is 13.2 Å². The van der Waals surface area contributed by atoms with Crippen molar-refractivity contribution in [3.05, 3.63) is 63.1 Å². The lowest BCUT2D eigenvalue weighted by Gasteiger charge is -2.24. The highest BCUT2D eigenvalue weighted by Crippen LogP contribution is 2.27. The van der Waals surface area contributed by atoms with Gasteiger partial charge in [-0.05, 0) is 55.7 Å². The second kappa shape index (κ2) is 8.50. The van der Waals surface area contributed by atoms with Crippen LogP contribution in [0, 0.1) is 13.8 Å². The smallest absolute Gasteiger partial charge is 0.241 e. The highest BCUT2D eigenvalue weighted by atomic mass is 35.5. The molecule has 1 atom stereocenters. The number of hydrogen-bond donors (Lipinski definition) is 1. The normalized spacial score (nSPS) is 12.5. The van der Waals surface area contributed by atoms with Crippen LogP contribution < -0.4 is 9.62 Å². The van der Waals surface area contributed by atoms with Crippen molar-refractivity contribution in [3.63, 3.8) is 0 Å². The quantitative estimate of drug-likeness (QED) is 0.747. The Bertz CT molecular complexity index is 941. The third-order valence-corrected chi connectivity index (χ3v) is 5.81. The Kier molecular flexibility index (Phi) is 6.78. The summed E-state index contributed by atoms with van der Waals surface area (Å²) in [6, 6.07) is 10.1. The van der Waals surface area contributed by atoms with Crippen molar-refractivity contribution in [2.45, 2.75) is 26.8 Å². The molecule has 0 bridgehead atoms. The van der Waals surface area contributed by atoms with E-state index in [1.165, 1.54) is 23.8 Å². The largest absolute Gasteiger partial charge is 0.348 e. The summed E-state index contributed by atoms with van der Waals surface area (Å²) < 4.78 is 25.4. The summed E-state index contributed by atoms with van der Waals surface area (Å²) in [6.07, 6.45) is 1.03.